The summed E-state index contributed by atoms with van der Waals surface area (Å²) in [6, 6.07) is 18.3. The van der Waals surface area contributed by atoms with Gasteiger partial charge >= 0.3 is 6.09 Å². The Kier molecular flexibility index (Phi) is 5.68. The zero-order chi connectivity index (χ0) is 19.2. The van der Waals surface area contributed by atoms with Crippen molar-refractivity contribution in [3.8, 4) is 5.75 Å². The molecule has 0 aliphatic rings. The van der Waals surface area contributed by atoms with Gasteiger partial charge in [-0.1, -0.05) is 29.8 Å². The molecule has 7 heteroatoms. The Labute approximate surface area is 159 Å². The predicted octanol–water partition coefficient (Wildman–Crippen LogP) is 5.34. The van der Waals surface area contributed by atoms with E-state index in [1.54, 1.807) is 24.3 Å². The second-order valence-electron chi connectivity index (χ2n) is 5.48. The van der Waals surface area contributed by atoms with E-state index in [-0.39, 0.29) is 11.3 Å². The van der Waals surface area contributed by atoms with Crippen LogP contribution >= 0.6 is 11.6 Å². The number of nitrogens with one attached hydrogen (secondary N) is 2. The molecule has 2 amide bonds. The van der Waals surface area contributed by atoms with Crippen molar-refractivity contribution in [2.45, 2.75) is 0 Å². The number of hydrogen-bond donors (Lipinski definition) is 2. The number of anilines is 2. The van der Waals surface area contributed by atoms with Gasteiger partial charge < -0.3 is 10.1 Å². The molecule has 3 aromatic carbocycles. The van der Waals surface area contributed by atoms with Gasteiger partial charge in [-0.3, -0.25) is 10.1 Å². The smallest absolute Gasteiger partial charge is 0.409 e. The third-order valence-corrected chi connectivity index (χ3v) is 3.75. The summed E-state index contributed by atoms with van der Waals surface area (Å²) in [5, 5.41) is 5.46. The normalized spacial score (nSPS) is 10.1. The topological polar surface area (TPSA) is 67.4 Å². The highest BCUT2D eigenvalue weighted by Gasteiger charge is 2.17. The van der Waals surface area contributed by atoms with E-state index in [2.05, 4.69) is 10.6 Å². The van der Waals surface area contributed by atoms with Gasteiger partial charge in [-0.05, 0) is 54.6 Å². The highest BCUT2D eigenvalue weighted by Crippen LogP contribution is 2.25. The molecule has 0 aliphatic heterocycles. The molecule has 3 aromatic rings. The van der Waals surface area contributed by atoms with Crippen LogP contribution in [-0.4, -0.2) is 12.0 Å². The third-order valence-electron chi connectivity index (χ3n) is 3.51. The van der Waals surface area contributed by atoms with Crippen molar-refractivity contribution in [3.05, 3.63) is 89.2 Å². The minimum Gasteiger partial charge on any atom is -0.409 e. The molecule has 0 aromatic heterocycles. The minimum atomic E-state index is -0.751. The lowest BCUT2D eigenvalue weighted by atomic mass is 10.2. The number of halogens is 2. The van der Waals surface area contributed by atoms with Gasteiger partial charge in [-0.25, -0.2) is 9.18 Å². The molecule has 0 unspecified atom stereocenters. The van der Waals surface area contributed by atoms with Crippen LogP contribution < -0.4 is 15.4 Å². The molecule has 136 valence electrons. The highest BCUT2D eigenvalue weighted by molar-refractivity contribution is 6.31. The summed E-state index contributed by atoms with van der Waals surface area (Å²) in [6.45, 7) is 0. The SMILES string of the molecule is O=C(Nc1ccccc1)Oc1ccc(Cl)cc1C(=O)Nc1ccc(F)cc1. The first-order valence-corrected chi connectivity index (χ1v) is 8.29. The van der Waals surface area contributed by atoms with Crippen molar-refractivity contribution < 1.29 is 18.7 Å². The van der Waals surface area contributed by atoms with Crippen LogP contribution in [0, 0.1) is 5.82 Å². The van der Waals surface area contributed by atoms with Gasteiger partial charge in [-0.2, -0.15) is 0 Å². The average Bonchev–Trinajstić information content (AvgIpc) is 2.66. The largest absolute Gasteiger partial charge is 0.417 e. The van der Waals surface area contributed by atoms with E-state index in [9.17, 15) is 14.0 Å². The lowest BCUT2D eigenvalue weighted by molar-refractivity contribution is 0.102. The number of hydrogen-bond acceptors (Lipinski definition) is 3. The molecule has 2 N–H and O–H groups in total. The minimum absolute atomic E-state index is 0.0347. The molecule has 3 rings (SSSR count). The van der Waals surface area contributed by atoms with Crippen LogP contribution in [0.25, 0.3) is 0 Å². The fourth-order valence-electron chi connectivity index (χ4n) is 2.27. The molecule has 0 saturated carbocycles. The highest BCUT2D eigenvalue weighted by atomic mass is 35.5. The zero-order valence-electron chi connectivity index (χ0n) is 13.9. The van der Waals surface area contributed by atoms with Crippen molar-refractivity contribution in [2.75, 3.05) is 10.6 Å². The lowest BCUT2D eigenvalue weighted by Crippen LogP contribution is -2.20. The van der Waals surface area contributed by atoms with Crippen LogP contribution in [-0.2, 0) is 0 Å². The molecule has 27 heavy (non-hydrogen) atoms. The molecule has 0 radical (unpaired) electrons. The first-order valence-electron chi connectivity index (χ1n) is 7.91. The fourth-order valence-corrected chi connectivity index (χ4v) is 2.44. The fraction of sp³-hybridized carbons (Fsp3) is 0. The monoisotopic (exact) mass is 384 g/mol. The molecule has 5 nitrogen and oxygen atoms in total. The van der Waals surface area contributed by atoms with E-state index in [0.29, 0.717) is 16.4 Å². The molecule has 0 saturated heterocycles. The Bertz CT molecular complexity index is 963. The average molecular weight is 385 g/mol. The summed E-state index contributed by atoms with van der Waals surface area (Å²) in [4.78, 5) is 24.6. The molecular formula is C20H14ClFN2O3. The van der Waals surface area contributed by atoms with Gasteiger partial charge in [0.2, 0.25) is 0 Å². The van der Waals surface area contributed by atoms with Crippen LogP contribution in [0.3, 0.4) is 0 Å². The maximum Gasteiger partial charge on any atom is 0.417 e. The Balaban J connectivity index is 1.77. The van der Waals surface area contributed by atoms with Crippen LogP contribution in [0.15, 0.2) is 72.8 Å². The predicted molar refractivity (Wildman–Crippen MR) is 102 cm³/mol. The number of para-hydroxylation sites is 1. The number of ether oxygens (including phenoxy) is 1. The van der Waals surface area contributed by atoms with Gasteiger partial charge in [0, 0.05) is 16.4 Å². The van der Waals surface area contributed by atoms with E-state index < -0.39 is 17.8 Å². The summed E-state index contributed by atoms with van der Waals surface area (Å²) < 4.78 is 18.2. The summed E-state index contributed by atoms with van der Waals surface area (Å²) in [6.07, 6.45) is -0.751. The lowest BCUT2D eigenvalue weighted by Gasteiger charge is -2.12. The Morgan fingerprint density at radius 1 is 0.852 bits per heavy atom. The molecule has 0 heterocycles. The number of carbonyl (C=O) groups excluding carboxylic acids is 2. The van der Waals surface area contributed by atoms with Crippen LogP contribution in [0.4, 0.5) is 20.6 Å². The van der Waals surface area contributed by atoms with Gasteiger partial charge in [0.25, 0.3) is 5.91 Å². The summed E-state index contributed by atoms with van der Waals surface area (Å²) in [7, 11) is 0. The quantitative estimate of drug-likeness (QED) is 0.637. The Morgan fingerprint density at radius 2 is 1.52 bits per heavy atom. The van der Waals surface area contributed by atoms with E-state index in [0.717, 1.165) is 0 Å². The summed E-state index contributed by atoms with van der Waals surface area (Å²) in [5.74, 6) is -0.934. The van der Waals surface area contributed by atoms with Crippen LogP contribution in [0.1, 0.15) is 10.4 Å². The zero-order valence-corrected chi connectivity index (χ0v) is 14.7. The third kappa shape index (κ3) is 5.05. The summed E-state index contributed by atoms with van der Waals surface area (Å²) in [5.41, 5.74) is 1.00. The van der Waals surface area contributed by atoms with Gasteiger partial charge in [0.05, 0.1) is 5.56 Å². The number of rotatable bonds is 4. The van der Waals surface area contributed by atoms with Crippen molar-refractivity contribution in [3.63, 3.8) is 0 Å². The van der Waals surface area contributed by atoms with Crippen molar-refractivity contribution >= 4 is 35.0 Å². The van der Waals surface area contributed by atoms with E-state index in [4.69, 9.17) is 16.3 Å². The summed E-state index contributed by atoms with van der Waals surface area (Å²) >= 11 is 5.97. The number of amides is 2. The second kappa shape index (κ2) is 8.33. The van der Waals surface area contributed by atoms with E-state index in [1.807, 2.05) is 6.07 Å². The first kappa shape index (κ1) is 18.4. The first-order chi connectivity index (χ1) is 13.0. The molecule has 0 fully saturated rings. The van der Waals surface area contributed by atoms with Crippen LogP contribution in [0.2, 0.25) is 5.02 Å². The maximum atomic E-state index is 13.0. The van der Waals surface area contributed by atoms with Crippen LogP contribution in [0.5, 0.6) is 5.75 Å². The molecule has 0 atom stereocenters. The van der Waals surface area contributed by atoms with E-state index in [1.165, 1.54) is 42.5 Å². The molecular weight excluding hydrogens is 371 g/mol. The number of benzene rings is 3. The molecule has 0 bridgehead atoms. The maximum absolute atomic E-state index is 13.0. The second-order valence-corrected chi connectivity index (χ2v) is 5.92. The van der Waals surface area contributed by atoms with Crippen molar-refractivity contribution in [1.29, 1.82) is 0 Å². The van der Waals surface area contributed by atoms with E-state index >= 15 is 0 Å². The van der Waals surface area contributed by atoms with Gasteiger partial charge in [-0.15, -0.1) is 0 Å². The molecule has 0 aliphatic carbocycles. The Morgan fingerprint density at radius 3 is 2.22 bits per heavy atom. The van der Waals surface area contributed by atoms with Crippen molar-refractivity contribution in [1.82, 2.24) is 0 Å². The van der Waals surface area contributed by atoms with Crippen molar-refractivity contribution in [2.24, 2.45) is 0 Å². The number of carbonyl (C=O) groups is 2. The van der Waals surface area contributed by atoms with Gasteiger partial charge in [0.15, 0.2) is 0 Å². The van der Waals surface area contributed by atoms with Gasteiger partial charge in [0.1, 0.15) is 11.6 Å². The standard InChI is InChI=1S/C20H14ClFN2O3/c21-13-6-11-18(27-20(26)24-15-4-2-1-3-5-15)17(12-13)19(25)23-16-9-7-14(22)8-10-16/h1-12H,(H,23,25)(H,24,26). The molecule has 0 spiro atoms. The Hall–Kier alpha value is -3.38.